The molecule has 1 unspecified atom stereocenters. The molecular weight excluding hydrogens is 192 g/mol. The third-order valence-corrected chi connectivity index (χ3v) is 2.17. The predicted molar refractivity (Wildman–Crippen MR) is 57.2 cm³/mol. The molecule has 15 heavy (non-hydrogen) atoms. The number of esters is 1. The van der Waals surface area contributed by atoms with Crippen LogP contribution in [-0.4, -0.2) is 24.1 Å². The van der Waals surface area contributed by atoms with Crippen LogP contribution in [0.3, 0.4) is 0 Å². The van der Waals surface area contributed by atoms with Crippen molar-refractivity contribution < 1.29 is 9.53 Å². The molecule has 1 aromatic rings. The van der Waals surface area contributed by atoms with Crippen molar-refractivity contribution in [1.29, 1.82) is 0 Å². The van der Waals surface area contributed by atoms with Gasteiger partial charge in [-0.1, -0.05) is 13.0 Å². The van der Waals surface area contributed by atoms with Crippen LogP contribution >= 0.6 is 0 Å². The molecule has 0 saturated carbocycles. The van der Waals surface area contributed by atoms with Gasteiger partial charge in [0.25, 0.3) is 0 Å². The summed E-state index contributed by atoms with van der Waals surface area (Å²) in [6, 6.07) is 3.59. The number of nitrogens with zero attached hydrogens (tertiary/aromatic N) is 1. The molecule has 1 aromatic heterocycles. The first-order chi connectivity index (χ1) is 7.27. The zero-order valence-electron chi connectivity index (χ0n) is 9.06. The SMILES string of the molecule is CCC(NCc1cccnc1)C(=O)OC. The highest BCUT2D eigenvalue weighted by Crippen LogP contribution is 1.99. The Bertz CT molecular complexity index is 301. The Morgan fingerprint density at radius 2 is 2.47 bits per heavy atom. The van der Waals surface area contributed by atoms with Crippen LogP contribution in [0.4, 0.5) is 0 Å². The molecule has 1 heterocycles. The van der Waals surface area contributed by atoms with Gasteiger partial charge < -0.3 is 10.1 Å². The minimum atomic E-state index is -0.241. The lowest BCUT2D eigenvalue weighted by atomic mass is 10.2. The van der Waals surface area contributed by atoms with Crippen molar-refractivity contribution in [2.75, 3.05) is 7.11 Å². The van der Waals surface area contributed by atoms with Crippen LogP contribution < -0.4 is 5.32 Å². The number of methoxy groups -OCH3 is 1. The maximum Gasteiger partial charge on any atom is 0.322 e. The molecule has 4 nitrogen and oxygen atoms in total. The molecular formula is C11H16N2O2. The predicted octanol–water partition coefficient (Wildman–Crippen LogP) is 1.12. The normalized spacial score (nSPS) is 12.1. The number of carbonyl (C=O) groups excluding carboxylic acids is 1. The molecule has 0 radical (unpaired) electrons. The molecule has 0 aliphatic carbocycles. The lowest BCUT2D eigenvalue weighted by Crippen LogP contribution is -2.36. The smallest absolute Gasteiger partial charge is 0.322 e. The van der Waals surface area contributed by atoms with Gasteiger partial charge in [-0.25, -0.2) is 0 Å². The summed E-state index contributed by atoms with van der Waals surface area (Å²) in [7, 11) is 1.40. The third kappa shape index (κ3) is 3.67. The lowest BCUT2D eigenvalue weighted by Gasteiger charge is -2.13. The van der Waals surface area contributed by atoms with Gasteiger partial charge >= 0.3 is 5.97 Å². The number of hydrogen-bond acceptors (Lipinski definition) is 4. The number of aromatic nitrogens is 1. The van der Waals surface area contributed by atoms with Crippen molar-refractivity contribution in [1.82, 2.24) is 10.3 Å². The van der Waals surface area contributed by atoms with Gasteiger partial charge in [-0.15, -0.1) is 0 Å². The summed E-state index contributed by atoms with van der Waals surface area (Å²) in [6.07, 6.45) is 4.21. The molecule has 0 bridgehead atoms. The van der Waals surface area contributed by atoms with Gasteiger partial charge in [0.2, 0.25) is 0 Å². The van der Waals surface area contributed by atoms with Crippen LogP contribution in [0.15, 0.2) is 24.5 Å². The first-order valence-corrected chi connectivity index (χ1v) is 4.98. The van der Waals surface area contributed by atoms with Crippen molar-refractivity contribution in [2.24, 2.45) is 0 Å². The van der Waals surface area contributed by atoms with Crippen molar-refractivity contribution in [3.8, 4) is 0 Å². The molecule has 0 aliphatic heterocycles. The van der Waals surface area contributed by atoms with Gasteiger partial charge in [0.05, 0.1) is 7.11 Å². The van der Waals surface area contributed by atoms with E-state index in [0.29, 0.717) is 13.0 Å². The number of rotatable bonds is 5. The van der Waals surface area contributed by atoms with E-state index >= 15 is 0 Å². The molecule has 1 rings (SSSR count). The second-order valence-electron chi connectivity index (χ2n) is 3.23. The van der Waals surface area contributed by atoms with Crippen LogP contribution in [0.1, 0.15) is 18.9 Å². The Kier molecular flexibility index (Phi) is 4.77. The topological polar surface area (TPSA) is 51.2 Å². The second-order valence-corrected chi connectivity index (χ2v) is 3.23. The van der Waals surface area contributed by atoms with Crippen LogP contribution in [-0.2, 0) is 16.1 Å². The minimum absolute atomic E-state index is 0.221. The number of ether oxygens (including phenoxy) is 1. The molecule has 0 saturated heterocycles. The third-order valence-electron chi connectivity index (χ3n) is 2.17. The van der Waals surface area contributed by atoms with E-state index in [4.69, 9.17) is 0 Å². The lowest BCUT2D eigenvalue weighted by molar-refractivity contribution is -0.143. The summed E-state index contributed by atoms with van der Waals surface area (Å²) in [5.41, 5.74) is 1.06. The van der Waals surface area contributed by atoms with E-state index in [1.807, 2.05) is 19.1 Å². The quantitative estimate of drug-likeness (QED) is 0.737. The van der Waals surface area contributed by atoms with Crippen LogP contribution in [0, 0.1) is 0 Å². The van der Waals surface area contributed by atoms with Crippen LogP contribution in [0.25, 0.3) is 0 Å². The van der Waals surface area contributed by atoms with Crippen LogP contribution in [0.2, 0.25) is 0 Å². The fourth-order valence-electron chi connectivity index (χ4n) is 1.28. The average molecular weight is 208 g/mol. The molecule has 0 spiro atoms. The highest BCUT2D eigenvalue weighted by Gasteiger charge is 2.15. The first-order valence-electron chi connectivity index (χ1n) is 4.98. The number of carbonyl (C=O) groups is 1. The van der Waals surface area contributed by atoms with Crippen molar-refractivity contribution in [2.45, 2.75) is 25.9 Å². The monoisotopic (exact) mass is 208 g/mol. The number of pyridine rings is 1. The van der Waals surface area contributed by atoms with Gasteiger partial charge in [-0.2, -0.15) is 0 Å². The highest BCUT2D eigenvalue weighted by molar-refractivity contribution is 5.75. The largest absolute Gasteiger partial charge is 0.468 e. The Morgan fingerprint density at radius 1 is 1.67 bits per heavy atom. The van der Waals surface area contributed by atoms with Crippen LogP contribution in [0.5, 0.6) is 0 Å². The minimum Gasteiger partial charge on any atom is -0.468 e. The maximum atomic E-state index is 11.3. The first kappa shape index (κ1) is 11.7. The van der Waals surface area contributed by atoms with E-state index < -0.39 is 0 Å². The molecule has 0 aliphatic rings. The van der Waals surface area contributed by atoms with Gasteiger partial charge in [0.1, 0.15) is 6.04 Å². The van der Waals surface area contributed by atoms with Gasteiger partial charge in [0, 0.05) is 18.9 Å². The molecule has 82 valence electrons. The summed E-state index contributed by atoms with van der Waals surface area (Å²) in [4.78, 5) is 15.3. The standard InChI is InChI=1S/C11H16N2O2/c1-3-10(11(14)15-2)13-8-9-5-4-6-12-7-9/h4-7,10,13H,3,8H2,1-2H3. The average Bonchev–Trinajstić information content (AvgIpc) is 2.31. The van der Waals surface area contributed by atoms with E-state index in [1.54, 1.807) is 12.4 Å². The Morgan fingerprint density at radius 3 is 3.00 bits per heavy atom. The van der Waals surface area contributed by atoms with Gasteiger partial charge in [-0.3, -0.25) is 9.78 Å². The molecule has 0 amide bonds. The molecule has 1 atom stereocenters. The van der Waals surface area contributed by atoms with E-state index in [9.17, 15) is 4.79 Å². The van der Waals surface area contributed by atoms with E-state index in [-0.39, 0.29) is 12.0 Å². The summed E-state index contributed by atoms with van der Waals surface area (Å²) in [6.45, 7) is 2.57. The summed E-state index contributed by atoms with van der Waals surface area (Å²) in [5, 5.41) is 3.12. The molecule has 4 heteroatoms. The highest BCUT2D eigenvalue weighted by atomic mass is 16.5. The Hall–Kier alpha value is -1.42. The Balaban J connectivity index is 2.44. The summed E-state index contributed by atoms with van der Waals surface area (Å²) < 4.78 is 4.67. The van der Waals surface area contributed by atoms with Crippen molar-refractivity contribution in [3.63, 3.8) is 0 Å². The fraction of sp³-hybridized carbons (Fsp3) is 0.455. The van der Waals surface area contributed by atoms with E-state index in [1.165, 1.54) is 7.11 Å². The Labute approximate surface area is 89.7 Å². The molecule has 1 N–H and O–H groups in total. The number of nitrogens with one attached hydrogen (secondary N) is 1. The van der Waals surface area contributed by atoms with E-state index in [2.05, 4.69) is 15.0 Å². The van der Waals surface area contributed by atoms with E-state index in [0.717, 1.165) is 5.56 Å². The van der Waals surface area contributed by atoms with Crippen molar-refractivity contribution >= 4 is 5.97 Å². The molecule has 0 aromatic carbocycles. The van der Waals surface area contributed by atoms with Gasteiger partial charge in [0.15, 0.2) is 0 Å². The summed E-state index contributed by atoms with van der Waals surface area (Å²) >= 11 is 0. The second kappa shape index (κ2) is 6.14. The molecule has 0 fully saturated rings. The zero-order chi connectivity index (χ0) is 11.1. The zero-order valence-corrected chi connectivity index (χ0v) is 9.06. The maximum absolute atomic E-state index is 11.3. The van der Waals surface area contributed by atoms with Gasteiger partial charge in [-0.05, 0) is 18.1 Å². The fourth-order valence-corrected chi connectivity index (χ4v) is 1.28. The number of hydrogen-bond donors (Lipinski definition) is 1. The summed E-state index contributed by atoms with van der Waals surface area (Å²) in [5.74, 6) is -0.221. The van der Waals surface area contributed by atoms with Crippen molar-refractivity contribution in [3.05, 3.63) is 30.1 Å².